The summed E-state index contributed by atoms with van der Waals surface area (Å²) in [5.74, 6) is -0.463. The summed E-state index contributed by atoms with van der Waals surface area (Å²) in [7, 11) is 1.57. The third-order valence-electron chi connectivity index (χ3n) is 2.49. The first-order valence-corrected chi connectivity index (χ1v) is 6.30. The summed E-state index contributed by atoms with van der Waals surface area (Å²) in [5, 5.41) is 18.5. The third-order valence-corrected chi connectivity index (χ3v) is 2.49. The SMILES string of the molecule is COCCOCC(O)COc1ccccc1CC(=O)O. The number of aliphatic hydroxyl groups is 1. The number of carboxylic acid groups (broad SMARTS) is 1. The number of benzene rings is 1. The molecule has 1 aromatic rings. The van der Waals surface area contributed by atoms with Crippen molar-refractivity contribution in [2.24, 2.45) is 0 Å². The number of carboxylic acids is 1. The van der Waals surface area contributed by atoms with Crippen LogP contribution in [0.25, 0.3) is 0 Å². The van der Waals surface area contributed by atoms with E-state index in [9.17, 15) is 9.90 Å². The molecule has 2 N–H and O–H groups in total. The van der Waals surface area contributed by atoms with E-state index >= 15 is 0 Å². The van der Waals surface area contributed by atoms with Gasteiger partial charge in [0.1, 0.15) is 18.5 Å². The van der Waals surface area contributed by atoms with Crippen LogP contribution in [0.5, 0.6) is 5.75 Å². The largest absolute Gasteiger partial charge is 0.490 e. The fraction of sp³-hybridized carbons (Fsp3) is 0.500. The molecule has 1 atom stereocenters. The molecule has 1 aromatic carbocycles. The molecule has 1 unspecified atom stereocenters. The summed E-state index contributed by atoms with van der Waals surface area (Å²) in [6.45, 7) is 1.06. The third kappa shape index (κ3) is 6.51. The monoisotopic (exact) mass is 284 g/mol. The normalized spacial score (nSPS) is 12.1. The molecule has 6 heteroatoms. The second-order valence-electron chi connectivity index (χ2n) is 4.21. The van der Waals surface area contributed by atoms with E-state index in [0.717, 1.165) is 0 Å². The molecule has 6 nitrogen and oxygen atoms in total. The molecular weight excluding hydrogens is 264 g/mol. The standard InChI is InChI=1S/C14H20O6/c1-18-6-7-19-9-12(15)10-20-13-5-3-2-4-11(13)8-14(16)17/h2-5,12,15H,6-10H2,1H3,(H,16,17). The zero-order valence-electron chi connectivity index (χ0n) is 11.4. The fourth-order valence-electron chi connectivity index (χ4n) is 1.55. The lowest BCUT2D eigenvalue weighted by atomic mass is 10.1. The van der Waals surface area contributed by atoms with Crippen molar-refractivity contribution in [1.29, 1.82) is 0 Å². The minimum atomic E-state index is -0.926. The molecule has 0 saturated heterocycles. The molecule has 0 bridgehead atoms. The Balaban J connectivity index is 2.38. The molecule has 1 rings (SSSR count). The topological polar surface area (TPSA) is 85.2 Å². The maximum absolute atomic E-state index is 10.7. The van der Waals surface area contributed by atoms with Gasteiger partial charge in [0, 0.05) is 12.7 Å². The van der Waals surface area contributed by atoms with Crippen LogP contribution in [-0.4, -0.2) is 55.8 Å². The zero-order valence-corrected chi connectivity index (χ0v) is 11.4. The number of rotatable bonds is 10. The summed E-state index contributed by atoms with van der Waals surface area (Å²) >= 11 is 0. The Morgan fingerprint density at radius 3 is 2.70 bits per heavy atom. The summed E-state index contributed by atoms with van der Waals surface area (Å²) in [5.41, 5.74) is 0.576. The van der Waals surface area contributed by atoms with Gasteiger partial charge in [0.25, 0.3) is 0 Å². The highest BCUT2D eigenvalue weighted by Gasteiger charge is 2.10. The van der Waals surface area contributed by atoms with Crippen LogP contribution in [0.3, 0.4) is 0 Å². The smallest absolute Gasteiger partial charge is 0.307 e. The molecule has 0 aliphatic heterocycles. The van der Waals surface area contributed by atoms with Crippen molar-refractivity contribution in [3.05, 3.63) is 29.8 Å². The Labute approximate surface area is 117 Å². The van der Waals surface area contributed by atoms with E-state index < -0.39 is 12.1 Å². The van der Waals surface area contributed by atoms with Crippen molar-refractivity contribution in [2.45, 2.75) is 12.5 Å². The first-order chi connectivity index (χ1) is 9.63. The molecule has 0 aliphatic carbocycles. The van der Waals surface area contributed by atoms with Gasteiger partial charge >= 0.3 is 5.97 Å². The molecule has 0 fully saturated rings. The maximum atomic E-state index is 10.7. The molecule has 0 amide bonds. The van der Waals surface area contributed by atoms with Gasteiger partial charge < -0.3 is 24.4 Å². The van der Waals surface area contributed by atoms with E-state index in [2.05, 4.69) is 0 Å². The highest BCUT2D eigenvalue weighted by atomic mass is 16.5. The van der Waals surface area contributed by atoms with Crippen molar-refractivity contribution >= 4 is 5.97 Å². The number of aliphatic carboxylic acids is 1. The minimum Gasteiger partial charge on any atom is -0.490 e. The Bertz CT molecular complexity index is 406. The predicted molar refractivity (Wildman–Crippen MR) is 72.0 cm³/mol. The van der Waals surface area contributed by atoms with Crippen molar-refractivity contribution in [3.63, 3.8) is 0 Å². The number of hydrogen-bond donors (Lipinski definition) is 2. The first-order valence-electron chi connectivity index (χ1n) is 6.30. The number of methoxy groups -OCH3 is 1. The van der Waals surface area contributed by atoms with Gasteiger partial charge in [0.15, 0.2) is 0 Å². The maximum Gasteiger partial charge on any atom is 0.307 e. The highest BCUT2D eigenvalue weighted by Crippen LogP contribution is 2.18. The molecule has 0 heterocycles. The van der Waals surface area contributed by atoms with Crippen LogP contribution >= 0.6 is 0 Å². The molecule has 0 saturated carbocycles. The van der Waals surface area contributed by atoms with E-state index in [1.165, 1.54) is 0 Å². The zero-order chi connectivity index (χ0) is 14.8. The lowest BCUT2D eigenvalue weighted by molar-refractivity contribution is -0.136. The molecule has 0 radical (unpaired) electrons. The number of aliphatic hydroxyl groups excluding tert-OH is 1. The number of hydrogen-bond acceptors (Lipinski definition) is 5. The summed E-state index contributed by atoms with van der Waals surface area (Å²) in [6, 6.07) is 6.86. The molecule has 112 valence electrons. The summed E-state index contributed by atoms with van der Waals surface area (Å²) < 4.78 is 15.4. The van der Waals surface area contributed by atoms with E-state index in [1.54, 1.807) is 31.4 Å². The van der Waals surface area contributed by atoms with Gasteiger partial charge in [-0.05, 0) is 6.07 Å². The summed E-state index contributed by atoms with van der Waals surface area (Å²) in [4.78, 5) is 10.7. The van der Waals surface area contributed by atoms with E-state index in [-0.39, 0.29) is 19.6 Å². The van der Waals surface area contributed by atoms with Gasteiger partial charge in [-0.25, -0.2) is 0 Å². The fourth-order valence-corrected chi connectivity index (χ4v) is 1.55. The quantitative estimate of drug-likeness (QED) is 0.616. The number of carbonyl (C=O) groups is 1. The lowest BCUT2D eigenvalue weighted by Gasteiger charge is -2.14. The van der Waals surface area contributed by atoms with E-state index in [0.29, 0.717) is 24.5 Å². The first kappa shape index (κ1) is 16.4. The van der Waals surface area contributed by atoms with Crippen molar-refractivity contribution in [1.82, 2.24) is 0 Å². The highest BCUT2D eigenvalue weighted by molar-refractivity contribution is 5.71. The van der Waals surface area contributed by atoms with Gasteiger partial charge in [-0.15, -0.1) is 0 Å². The van der Waals surface area contributed by atoms with Crippen LogP contribution in [-0.2, 0) is 20.7 Å². The lowest BCUT2D eigenvalue weighted by Crippen LogP contribution is -2.24. The predicted octanol–water partition coefficient (Wildman–Crippen LogP) is 0.716. The molecule has 20 heavy (non-hydrogen) atoms. The molecule has 0 spiro atoms. The molecule has 0 aromatic heterocycles. The van der Waals surface area contributed by atoms with Crippen LogP contribution in [0.1, 0.15) is 5.56 Å². The van der Waals surface area contributed by atoms with Crippen molar-refractivity contribution < 1.29 is 29.2 Å². The van der Waals surface area contributed by atoms with Crippen LogP contribution in [0.4, 0.5) is 0 Å². The van der Waals surface area contributed by atoms with E-state index in [1.807, 2.05) is 0 Å². The number of para-hydroxylation sites is 1. The molecule has 0 aliphatic rings. The van der Waals surface area contributed by atoms with Gasteiger partial charge in [0.05, 0.1) is 26.2 Å². The van der Waals surface area contributed by atoms with Crippen molar-refractivity contribution in [2.75, 3.05) is 33.5 Å². The Kier molecular flexibility index (Phi) is 7.64. The Morgan fingerprint density at radius 2 is 2.00 bits per heavy atom. The van der Waals surface area contributed by atoms with Crippen molar-refractivity contribution in [3.8, 4) is 5.75 Å². The van der Waals surface area contributed by atoms with E-state index in [4.69, 9.17) is 19.3 Å². The van der Waals surface area contributed by atoms with Crippen LogP contribution in [0.2, 0.25) is 0 Å². The van der Waals surface area contributed by atoms with Gasteiger partial charge in [-0.2, -0.15) is 0 Å². The van der Waals surface area contributed by atoms with Gasteiger partial charge in [0.2, 0.25) is 0 Å². The number of ether oxygens (including phenoxy) is 3. The average Bonchev–Trinajstić information content (AvgIpc) is 2.42. The van der Waals surface area contributed by atoms with Crippen LogP contribution in [0.15, 0.2) is 24.3 Å². The Hall–Kier alpha value is -1.63. The van der Waals surface area contributed by atoms with Crippen LogP contribution in [0, 0.1) is 0 Å². The minimum absolute atomic E-state index is 0.0453. The van der Waals surface area contributed by atoms with Crippen LogP contribution < -0.4 is 4.74 Å². The molecular formula is C14H20O6. The van der Waals surface area contributed by atoms with Gasteiger partial charge in [-0.1, -0.05) is 18.2 Å². The Morgan fingerprint density at radius 1 is 1.25 bits per heavy atom. The van der Waals surface area contributed by atoms with Gasteiger partial charge in [-0.3, -0.25) is 4.79 Å². The second kappa shape index (κ2) is 9.30. The average molecular weight is 284 g/mol. The summed E-state index contributed by atoms with van der Waals surface area (Å²) in [6.07, 6.45) is -0.888. The second-order valence-corrected chi connectivity index (χ2v) is 4.21.